The van der Waals surface area contributed by atoms with E-state index in [4.69, 9.17) is 12.2 Å². The molecule has 0 saturated heterocycles. The van der Waals surface area contributed by atoms with Gasteiger partial charge in [0.2, 0.25) is 0 Å². The van der Waals surface area contributed by atoms with E-state index in [0.29, 0.717) is 23.9 Å². The molecule has 0 aliphatic heterocycles. The molecule has 0 saturated carbocycles. The second-order valence-corrected chi connectivity index (χ2v) is 6.15. The molecule has 134 valence electrons. The first-order valence-corrected chi connectivity index (χ1v) is 8.66. The Labute approximate surface area is 159 Å². The van der Waals surface area contributed by atoms with Gasteiger partial charge in [0.05, 0.1) is 0 Å². The Kier molecular flexibility index (Phi) is 7.12. The van der Waals surface area contributed by atoms with Crippen LogP contribution in [-0.2, 0) is 17.9 Å². The van der Waals surface area contributed by atoms with Crippen LogP contribution in [0.2, 0.25) is 0 Å². The molecule has 26 heavy (non-hydrogen) atoms. The summed E-state index contributed by atoms with van der Waals surface area (Å²) in [4.78, 5) is 15.8. The van der Waals surface area contributed by atoms with Crippen molar-refractivity contribution < 1.29 is 4.79 Å². The molecule has 0 atom stereocenters. The molecule has 0 aliphatic carbocycles. The average Bonchev–Trinajstić information content (AvgIpc) is 2.61. The van der Waals surface area contributed by atoms with E-state index in [9.17, 15) is 4.79 Å². The lowest BCUT2D eigenvalue weighted by molar-refractivity contribution is -0.111. The largest absolute Gasteiger partial charge is 0.359 e. The van der Waals surface area contributed by atoms with Gasteiger partial charge in [0, 0.05) is 30.7 Å². The Hall–Kier alpha value is -2.91. The third kappa shape index (κ3) is 5.87. The van der Waals surface area contributed by atoms with Crippen molar-refractivity contribution in [3.63, 3.8) is 0 Å². The number of benzene rings is 1. The van der Waals surface area contributed by atoms with Gasteiger partial charge in [-0.1, -0.05) is 18.1 Å². The molecule has 1 amide bonds. The number of thiocarbonyl (C=S) groups is 1. The molecule has 0 spiro atoms. The van der Waals surface area contributed by atoms with Gasteiger partial charge in [0.15, 0.2) is 5.11 Å². The Morgan fingerprint density at radius 3 is 2.73 bits per heavy atom. The van der Waals surface area contributed by atoms with Gasteiger partial charge in [0.25, 0.3) is 5.91 Å². The van der Waals surface area contributed by atoms with Crippen LogP contribution in [0.4, 0.5) is 5.69 Å². The number of anilines is 1. The standard InChI is InChI=1S/C20H22N4OS/c1-4-6-19(25)24-18-8-5-7-16(11-18)12-22-20(26)23-13-17-9-10-21-15(3)14(17)2/h5,7-11H,12-13H2,1-3H3,(H,24,25)(H2,22,23,26). The highest BCUT2D eigenvalue weighted by atomic mass is 32.1. The molecule has 0 radical (unpaired) electrons. The van der Waals surface area contributed by atoms with E-state index in [-0.39, 0.29) is 5.91 Å². The maximum atomic E-state index is 11.5. The number of aryl methyl sites for hydroxylation is 1. The Morgan fingerprint density at radius 1 is 1.19 bits per heavy atom. The van der Waals surface area contributed by atoms with Gasteiger partial charge in [-0.3, -0.25) is 9.78 Å². The van der Waals surface area contributed by atoms with Crippen LogP contribution in [0.1, 0.15) is 29.3 Å². The molecular weight excluding hydrogens is 344 g/mol. The summed E-state index contributed by atoms with van der Waals surface area (Å²) in [5.41, 5.74) is 5.07. The van der Waals surface area contributed by atoms with Crippen molar-refractivity contribution in [1.82, 2.24) is 15.6 Å². The van der Waals surface area contributed by atoms with Crippen LogP contribution in [0.3, 0.4) is 0 Å². The van der Waals surface area contributed by atoms with Gasteiger partial charge in [-0.2, -0.15) is 0 Å². The predicted molar refractivity (Wildman–Crippen MR) is 109 cm³/mol. The minimum absolute atomic E-state index is 0.321. The highest BCUT2D eigenvalue weighted by Gasteiger charge is 2.04. The van der Waals surface area contributed by atoms with Crippen molar-refractivity contribution in [2.24, 2.45) is 0 Å². The van der Waals surface area contributed by atoms with E-state index in [1.54, 1.807) is 13.1 Å². The van der Waals surface area contributed by atoms with Crippen LogP contribution in [0.15, 0.2) is 36.5 Å². The number of amides is 1. The number of nitrogens with one attached hydrogen (secondary N) is 3. The Balaban J connectivity index is 1.86. The lowest BCUT2D eigenvalue weighted by Gasteiger charge is -2.13. The first-order valence-electron chi connectivity index (χ1n) is 8.25. The van der Waals surface area contributed by atoms with Gasteiger partial charge >= 0.3 is 0 Å². The number of nitrogens with zero attached hydrogens (tertiary/aromatic N) is 1. The van der Waals surface area contributed by atoms with E-state index in [2.05, 4.69) is 39.7 Å². The summed E-state index contributed by atoms with van der Waals surface area (Å²) in [6.45, 7) is 6.88. The summed E-state index contributed by atoms with van der Waals surface area (Å²) in [7, 11) is 0. The summed E-state index contributed by atoms with van der Waals surface area (Å²) >= 11 is 5.34. The van der Waals surface area contributed by atoms with Crippen molar-refractivity contribution in [2.45, 2.75) is 33.9 Å². The minimum Gasteiger partial charge on any atom is -0.359 e. The van der Waals surface area contributed by atoms with E-state index in [0.717, 1.165) is 11.3 Å². The van der Waals surface area contributed by atoms with Crippen molar-refractivity contribution >= 4 is 28.9 Å². The van der Waals surface area contributed by atoms with Crippen molar-refractivity contribution in [3.8, 4) is 11.8 Å². The maximum absolute atomic E-state index is 11.5. The normalized spacial score (nSPS) is 9.65. The smallest absolute Gasteiger partial charge is 0.300 e. The molecule has 1 aromatic carbocycles. The number of rotatable bonds is 5. The average molecular weight is 366 g/mol. The number of carbonyl (C=O) groups excluding carboxylic acids is 1. The van der Waals surface area contributed by atoms with E-state index in [1.165, 1.54) is 11.1 Å². The fourth-order valence-electron chi connectivity index (χ4n) is 2.34. The van der Waals surface area contributed by atoms with Gasteiger partial charge in [-0.15, -0.1) is 0 Å². The van der Waals surface area contributed by atoms with Crippen LogP contribution in [0.25, 0.3) is 0 Å². The molecule has 0 fully saturated rings. The molecule has 1 aromatic heterocycles. The zero-order valence-electron chi connectivity index (χ0n) is 15.1. The van der Waals surface area contributed by atoms with E-state index < -0.39 is 0 Å². The van der Waals surface area contributed by atoms with Crippen LogP contribution >= 0.6 is 12.2 Å². The van der Waals surface area contributed by atoms with E-state index >= 15 is 0 Å². The fraction of sp³-hybridized carbons (Fsp3) is 0.250. The second kappa shape index (κ2) is 9.54. The topological polar surface area (TPSA) is 66.1 Å². The van der Waals surface area contributed by atoms with Crippen molar-refractivity contribution in [1.29, 1.82) is 0 Å². The van der Waals surface area contributed by atoms with Crippen LogP contribution < -0.4 is 16.0 Å². The summed E-state index contributed by atoms with van der Waals surface area (Å²) in [6, 6.07) is 9.55. The first-order chi connectivity index (χ1) is 12.5. The second-order valence-electron chi connectivity index (χ2n) is 5.75. The Morgan fingerprint density at radius 2 is 1.96 bits per heavy atom. The molecule has 6 heteroatoms. The third-order valence-corrected chi connectivity index (χ3v) is 4.17. The highest BCUT2D eigenvalue weighted by Crippen LogP contribution is 2.11. The molecule has 5 nitrogen and oxygen atoms in total. The minimum atomic E-state index is -0.321. The van der Waals surface area contributed by atoms with Gasteiger partial charge in [-0.25, -0.2) is 0 Å². The number of hydrogen-bond acceptors (Lipinski definition) is 3. The Bertz CT molecular complexity index is 868. The molecular formula is C20H22N4OS. The monoisotopic (exact) mass is 366 g/mol. The lowest BCUT2D eigenvalue weighted by Crippen LogP contribution is -2.34. The zero-order valence-corrected chi connectivity index (χ0v) is 16.0. The molecule has 2 aromatic rings. The van der Waals surface area contributed by atoms with Gasteiger partial charge < -0.3 is 16.0 Å². The molecule has 2 rings (SSSR count). The molecule has 0 aliphatic rings. The summed E-state index contributed by atoms with van der Waals surface area (Å²) in [6.07, 6.45) is 1.80. The molecule has 0 bridgehead atoms. The number of hydrogen-bond donors (Lipinski definition) is 3. The van der Waals surface area contributed by atoms with Gasteiger partial charge in [0.1, 0.15) is 0 Å². The van der Waals surface area contributed by atoms with Crippen LogP contribution in [0, 0.1) is 25.7 Å². The fourth-order valence-corrected chi connectivity index (χ4v) is 2.48. The number of carbonyl (C=O) groups is 1. The summed E-state index contributed by atoms with van der Waals surface area (Å²) in [5, 5.41) is 9.69. The maximum Gasteiger partial charge on any atom is 0.300 e. The highest BCUT2D eigenvalue weighted by molar-refractivity contribution is 7.80. The quantitative estimate of drug-likeness (QED) is 0.561. The zero-order chi connectivity index (χ0) is 18.9. The first kappa shape index (κ1) is 19.4. The van der Waals surface area contributed by atoms with Crippen LogP contribution in [0.5, 0.6) is 0 Å². The van der Waals surface area contributed by atoms with Gasteiger partial charge in [-0.05, 0) is 73.8 Å². The predicted octanol–water partition coefficient (Wildman–Crippen LogP) is 2.82. The van der Waals surface area contributed by atoms with E-state index in [1.807, 2.05) is 37.3 Å². The number of pyridine rings is 1. The van der Waals surface area contributed by atoms with Crippen molar-refractivity contribution in [2.75, 3.05) is 5.32 Å². The third-order valence-electron chi connectivity index (χ3n) is 3.88. The lowest BCUT2D eigenvalue weighted by atomic mass is 10.1. The van der Waals surface area contributed by atoms with Crippen molar-refractivity contribution in [3.05, 3.63) is 58.9 Å². The SMILES string of the molecule is CC#CC(=O)Nc1cccc(CNC(=S)NCc2ccnc(C)c2C)c1. The number of aromatic nitrogens is 1. The summed E-state index contributed by atoms with van der Waals surface area (Å²) in [5.74, 6) is 4.71. The van der Waals surface area contributed by atoms with Crippen LogP contribution in [-0.4, -0.2) is 16.0 Å². The molecule has 0 unspecified atom stereocenters. The molecule has 1 heterocycles. The molecule has 3 N–H and O–H groups in total. The summed E-state index contributed by atoms with van der Waals surface area (Å²) < 4.78 is 0.